The zero-order valence-corrected chi connectivity index (χ0v) is 11.6. The van der Waals surface area contributed by atoms with Gasteiger partial charge >= 0.3 is 0 Å². The van der Waals surface area contributed by atoms with Crippen LogP contribution in [0.2, 0.25) is 0 Å². The van der Waals surface area contributed by atoms with Crippen molar-refractivity contribution in [1.82, 2.24) is 14.8 Å². The number of rotatable bonds is 4. The monoisotopic (exact) mass is 282 g/mol. The zero-order valence-electron chi connectivity index (χ0n) is 10.8. The molecule has 4 nitrogen and oxygen atoms in total. The molecule has 5 heteroatoms. The van der Waals surface area contributed by atoms with Crippen molar-refractivity contribution in [2.24, 2.45) is 0 Å². The molecule has 0 unspecified atom stereocenters. The molecule has 3 aromatic rings. The molecule has 1 heterocycles. The molecule has 0 bridgehead atoms. The van der Waals surface area contributed by atoms with Gasteiger partial charge in [-0.1, -0.05) is 60.3 Å². The molecule has 0 saturated carbocycles. The summed E-state index contributed by atoms with van der Waals surface area (Å²) in [4.78, 5) is 4.29. The van der Waals surface area contributed by atoms with E-state index in [0.29, 0.717) is 5.95 Å². The molecule has 20 heavy (non-hydrogen) atoms. The number of nitrogens with two attached hydrogens (primary N) is 1. The highest BCUT2D eigenvalue weighted by atomic mass is 32.2. The van der Waals surface area contributed by atoms with Gasteiger partial charge in [0.1, 0.15) is 0 Å². The largest absolute Gasteiger partial charge is 0.366 e. The van der Waals surface area contributed by atoms with Crippen LogP contribution in [0.15, 0.2) is 65.8 Å². The Labute approximate surface area is 121 Å². The summed E-state index contributed by atoms with van der Waals surface area (Å²) >= 11 is 1.63. The average Bonchev–Trinajstić information content (AvgIpc) is 2.88. The van der Waals surface area contributed by atoms with Crippen LogP contribution >= 0.6 is 11.8 Å². The molecule has 100 valence electrons. The summed E-state index contributed by atoms with van der Waals surface area (Å²) in [5.74, 6) is 1.13. The van der Waals surface area contributed by atoms with E-state index in [9.17, 15) is 0 Å². The number of thioether (sulfide) groups is 1. The number of hydrogen-bond donors (Lipinski definition) is 1. The first-order valence-corrected chi connectivity index (χ1v) is 7.26. The first-order valence-electron chi connectivity index (χ1n) is 6.27. The fraction of sp³-hybridized carbons (Fsp3) is 0.0667. The minimum atomic E-state index is 0.296. The van der Waals surface area contributed by atoms with E-state index >= 15 is 0 Å². The third-order valence-electron chi connectivity index (χ3n) is 2.81. The minimum Gasteiger partial charge on any atom is -0.366 e. The van der Waals surface area contributed by atoms with Crippen LogP contribution in [0.5, 0.6) is 0 Å². The summed E-state index contributed by atoms with van der Waals surface area (Å²) < 4.78 is 1.78. The summed E-state index contributed by atoms with van der Waals surface area (Å²) in [7, 11) is 0. The van der Waals surface area contributed by atoms with Crippen molar-refractivity contribution in [2.75, 3.05) is 5.73 Å². The van der Waals surface area contributed by atoms with Gasteiger partial charge in [0.2, 0.25) is 5.95 Å². The van der Waals surface area contributed by atoms with Crippen molar-refractivity contribution in [3.63, 3.8) is 0 Å². The van der Waals surface area contributed by atoms with Crippen LogP contribution in [0.3, 0.4) is 0 Å². The maximum Gasteiger partial charge on any atom is 0.240 e. The second-order valence-corrected chi connectivity index (χ2v) is 5.22. The molecule has 1 aromatic heterocycles. The van der Waals surface area contributed by atoms with E-state index in [2.05, 4.69) is 22.2 Å². The molecule has 2 N–H and O–H groups in total. The second kappa shape index (κ2) is 5.79. The van der Waals surface area contributed by atoms with Gasteiger partial charge < -0.3 is 5.73 Å². The molecule has 0 aliphatic rings. The number of aromatic nitrogens is 3. The maximum absolute atomic E-state index is 5.73. The van der Waals surface area contributed by atoms with Crippen molar-refractivity contribution in [3.05, 3.63) is 66.2 Å². The average molecular weight is 282 g/mol. The Balaban J connectivity index is 1.84. The van der Waals surface area contributed by atoms with E-state index in [1.54, 1.807) is 16.4 Å². The zero-order chi connectivity index (χ0) is 13.8. The summed E-state index contributed by atoms with van der Waals surface area (Å²) in [6, 6.07) is 20.2. The van der Waals surface area contributed by atoms with Gasteiger partial charge in [0.25, 0.3) is 0 Å². The Morgan fingerprint density at radius 1 is 0.950 bits per heavy atom. The third kappa shape index (κ3) is 2.83. The van der Waals surface area contributed by atoms with Crippen molar-refractivity contribution >= 4 is 17.7 Å². The molecular formula is C15H14N4S. The standard InChI is InChI=1S/C15H14N4S/c16-14-17-15(20-11-12-7-3-1-4-8-12)19(18-14)13-9-5-2-6-10-13/h1-10H,11H2,(H2,16,18). The lowest BCUT2D eigenvalue weighted by atomic mass is 10.2. The Bertz CT molecular complexity index is 680. The lowest BCUT2D eigenvalue weighted by molar-refractivity contribution is 0.787. The fourth-order valence-electron chi connectivity index (χ4n) is 1.87. The fourth-order valence-corrected chi connectivity index (χ4v) is 2.78. The van der Waals surface area contributed by atoms with Crippen molar-refractivity contribution in [1.29, 1.82) is 0 Å². The highest BCUT2D eigenvalue weighted by Gasteiger charge is 2.10. The predicted molar refractivity (Wildman–Crippen MR) is 81.8 cm³/mol. The van der Waals surface area contributed by atoms with Crippen LogP contribution in [0.1, 0.15) is 5.56 Å². The molecule has 3 rings (SSSR count). The molecule has 0 amide bonds. The van der Waals surface area contributed by atoms with Crippen LogP contribution in [0, 0.1) is 0 Å². The van der Waals surface area contributed by atoms with Crippen molar-refractivity contribution in [3.8, 4) is 5.69 Å². The number of hydrogen-bond acceptors (Lipinski definition) is 4. The Kier molecular flexibility index (Phi) is 3.69. The second-order valence-electron chi connectivity index (χ2n) is 4.27. The van der Waals surface area contributed by atoms with Crippen LogP contribution in [0.4, 0.5) is 5.95 Å². The van der Waals surface area contributed by atoms with Gasteiger partial charge in [-0.3, -0.25) is 0 Å². The van der Waals surface area contributed by atoms with E-state index in [4.69, 9.17) is 5.73 Å². The first-order chi connectivity index (χ1) is 9.83. The number of benzene rings is 2. The van der Waals surface area contributed by atoms with E-state index in [1.807, 2.05) is 48.5 Å². The Morgan fingerprint density at radius 3 is 2.30 bits per heavy atom. The minimum absolute atomic E-state index is 0.296. The van der Waals surface area contributed by atoms with E-state index in [0.717, 1.165) is 16.6 Å². The summed E-state index contributed by atoms with van der Waals surface area (Å²) in [6.45, 7) is 0. The number of anilines is 1. The summed E-state index contributed by atoms with van der Waals surface area (Å²) in [5, 5.41) is 5.06. The quantitative estimate of drug-likeness (QED) is 0.747. The molecule has 0 fully saturated rings. The molecule has 0 spiro atoms. The highest BCUT2D eigenvalue weighted by Crippen LogP contribution is 2.24. The van der Waals surface area contributed by atoms with E-state index in [1.165, 1.54) is 5.56 Å². The molecule has 0 saturated heterocycles. The summed E-state index contributed by atoms with van der Waals surface area (Å²) in [6.07, 6.45) is 0. The molecule has 0 atom stereocenters. The highest BCUT2D eigenvalue weighted by molar-refractivity contribution is 7.98. The number of nitrogens with zero attached hydrogens (tertiary/aromatic N) is 3. The van der Waals surface area contributed by atoms with Crippen molar-refractivity contribution < 1.29 is 0 Å². The van der Waals surface area contributed by atoms with Gasteiger partial charge in [-0.05, 0) is 17.7 Å². The van der Waals surface area contributed by atoms with Crippen molar-refractivity contribution in [2.45, 2.75) is 10.9 Å². The lowest BCUT2D eigenvalue weighted by Gasteiger charge is -2.05. The smallest absolute Gasteiger partial charge is 0.240 e. The molecule has 2 aromatic carbocycles. The van der Waals surface area contributed by atoms with Gasteiger partial charge in [0.05, 0.1) is 5.69 Å². The van der Waals surface area contributed by atoms with E-state index < -0.39 is 0 Å². The Hall–Kier alpha value is -2.27. The van der Waals surface area contributed by atoms with Gasteiger partial charge in [-0.2, -0.15) is 4.98 Å². The topological polar surface area (TPSA) is 56.7 Å². The van der Waals surface area contributed by atoms with Gasteiger partial charge in [-0.15, -0.1) is 5.10 Å². The SMILES string of the molecule is Nc1nc(SCc2ccccc2)n(-c2ccccc2)n1. The van der Waals surface area contributed by atoms with Crippen LogP contribution in [-0.4, -0.2) is 14.8 Å². The molecule has 0 aliphatic carbocycles. The predicted octanol–water partition coefficient (Wildman–Crippen LogP) is 3.14. The molecule has 0 radical (unpaired) electrons. The van der Waals surface area contributed by atoms with Gasteiger partial charge in [-0.25, -0.2) is 4.68 Å². The van der Waals surface area contributed by atoms with Crippen LogP contribution in [-0.2, 0) is 5.75 Å². The summed E-state index contributed by atoms with van der Waals surface area (Å²) in [5.41, 5.74) is 7.94. The van der Waals surface area contributed by atoms with Crippen LogP contribution in [0.25, 0.3) is 5.69 Å². The molecule has 0 aliphatic heterocycles. The lowest BCUT2D eigenvalue weighted by Crippen LogP contribution is -1.99. The number of para-hydroxylation sites is 1. The maximum atomic E-state index is 5.73. The third-order valence-corrected chi connectivity index (χ3v) is 3.81. The first kappa shape index (κ1) is 12.7. The molecular weight excluding hydrogens is 268 g/mol. The number of nitrogen functional groups attached to an aromatic ring is 1. The Morgan fingerprint density at radius 2 is 1.60 bits per heavy atom. The van der Waals surface area contributed by atoms with Gasteiger partial charge in [0, 0.05) is 5.75 Å². The van der Waals surface area contributed by atoms with Gasteiger partial charge in [0.15, 0.2) is 5.16 Å². The van der Waals surface area contributed by atoms with Crippen LogP contribution < -0.4 is 5.73 Å². The van der Waals surface area contributed by atoms with E-state index in [-0.39, 0.29) is 0 Å². The normalized spacial score (nSPS) is 10.6.